The summed E-state index contributed by atoms with van der Waals surface area (Å²) in [7, 11) is 1.52. The topological polar surface area (TPSA) is 47.6 Å². The van der Waals surface area contributed by atoms with Crippen molar-refractivity contribution in [2.75, 3.05) is 13.7 Å². The van der Waals surface area contributed by atoms with E-state index in [2.05, 4.69) is 10.1 Å². The highest BCUT2D eigenvalue weighted by atomic mass is 19.4. The van der Waals surface area contributed by atoms with E-state index in [0.717, 1.165) is 5.56 Å². The molecular weight excluding hydrogens is 287 g/mol. The number of nitrogens with one attached hydrogen (secondary N) is 1. The van der Waals surface area contributed by atoms with Gasteiger partial charge >= 0.3 is 6.18 Å². The lowest BCUT2D eigenvalue weighted by Crippen LogP contribution is -2.42. The predicted molar refractivity (Wildman–Crippen MR) is 68.9 cm³/mol. The molecule has 0 spiro atoms. The number of alkyl halides is 3. The predicted octanol–water partition coefficient (Wildman–Crippen LogP) is 2.59. The molecule has 2 unspecified atom stereocenters. The minimum atomic E-state index is -4.36. The summed E-state index contributed by atoms with van der Waals surface area (Å²) in [4.78, 5) is 11.6. The lowest BCUT2D eigenvalue weighted by Gasteiger charge is -2.29. The van der Waals surface area contributed by atoms with Crippen molar-refractivity contribution >= 4 is 5.91 Å². The van der Waals surface area contributed by atoms with Gasteiger partial charge in [0.1, 0.15) is 12.0 Å². The molecule has 1 aliphatic heterocycles. The first-order chi connectivity index (χ1) is 9.87. The van der Waals surface area contributed by atoms with Gasteiger partial charge in [0.05, 0.1) is 0 Å². The molecule has 0 bridgehead atoms. The second-order valence-corrected chi connectivity index (χ2v) is 4.90. The van der Waals surface area contributed by atoms with E-state index in [4.69, 9.17) is 4.74 Å². The Bertz CT molecular complexity index is 487. The molecule has 1 fully saturated rings. The first kappa shape index (κ1) is 15.6. The lowest BCUT2D eigenvalue weighted by molar-refractivity contribution is -0.153. The summed E-state index contributed by atoms with van der Waals surface area (Å²) in [6.07, 6.45) is -3.73. The lowest BCUT2D eigenvalue weighted by atomic mass is 9.89. The van der Waals surface area contributed by atoms with Crippen molar-refractivity contribution in [3.63, 3.8) is 0 Å². The van der Waals surface area contributed by atoms with Crippen LogP contribution in [0.5, 0.6) is 5.75 Å². The molecule has 0 saturated carbocycles. The largest absolute Gasteiger partial charge is 0.484 e. The summed E-state index contributed by atoms with van der Waals surface area (Å²) in [6.45, 7) is -1.32. The number of amides is 1. The zero-order valence-corrected chi connectivity index (χ0v) is 11.4. The Morgan fingerprint density at radius 3 is 2.52 bits per heavy atom. The van der Waals surface area contributed by atoms with Crippen LogP contribution in [0.4, 0.5) is 13.2 Å². The third kappa shape index (κ3) is 4.63. The summed E-state index contributed by atoms with van der Waals surface area (Å²) in [5.41, 5.74) is 0.881. The Kier molecular flexibility index (Phi) is 4.72. The molecule has 2 atom stereocenters. The molecular formula is C14H16F3NO3. The standard InChI is InChI=1S/C14H16F3NO3/c1-20-13-7-10(6-12(19)18-13)9-2-4-11(5-3-9)21-8-14(15,16)17/h2-5,10,13H,6-8H2,1H3,(H,18,19). The van der Waals surface area contributed by atoms with Gasteiger partial charge in [-0.05, 0) is 30.0 Å². The summed E-state index contributed by atoms with van der Waals surface area (Å²) >= 11 is 0. The smallest absolute Gasteiger partial charge is 0.422 e. The van der Waals surface area contributed by atoms with E-state index >= 15 is 0 Å². The van der Waals surface area contributed by atoms with Crippen LogP contribution in [0.1, 0.15) is 24.3 Å². The number of methoxy groups -OCH3 is 1. The molecule has 4 nitrogen and oxygen atoms in total. The summed E-state index contributed by atoms with van der Waals surface area (Å²) in [6, 6.07) is 6.33. The normalized spacial score (nSPS) is 22.8. The molecule has 116 valence electrons. The van der Waals surface area contributed by atoms with E-state index in [0.29, 0.717) is 12.8 Å². The average Bonchev–Trinajstić information content (AvgIpc) is 2.44. The van der Waals surface area contributed by atoms with E-state index in [1.165, 1.54) is 19.2 Å². The van der Waals surface area contributed by atoms with Gasteiger partial charge in [-0.15, -0.1) is 0 Å². The van der Waals surface area contributed by atoms with E-state index in [1.807, 2.05) is 0 Å². The maximum absolute atomic E-state index is 12.1. The monoisotopic (exact) mass is 303 g/mol. The van der Waals surface area contributed by atoms with Crippen molar-refractivity contribution < 1.29 is 27.4 Å². The molecule has 0 aromatic heterocycles. The van der Waals surface area contributed by atoms with Crippen LogP contribution >= 0.6 is 0 Å². The van der Waals surface area contributed by atoms with Crippen molar-refractivity contribution in [3.05, 3.63) is 29.8 Å². The van der Waals surface area contributed by atoms with Gasteiger partial charge in [0.2, 0.25) is 5.91 Å². The van der Waals surface area contributed by atoms with Crippen molar-refractivity contribution in [2.45, 2.75) is 31.2 Å². The van der Waals surface area contributed by atoms with Gasteiger partial charge in [-0.1, -0.05) is 12.1 Å². The Balaban J connectivity index is 1.99. The van der Waals surface area contributed by atoms with E-state index in [9.17, 15) is 18.0 Å². The van der Waals surface area contributed by atoms with Crippen LogP contribution in [0.25, 0.3) is 0 Å². The first-order valence-corrected chi connectivity index (χ1v) is 6.49. The van der Waals surface area contributed by atoms with Gasteiger partial charge in [-0.2, -0.15) is 13.2 Å². The van der Waals surface area contributed by atoms with E-state index in [-0.39, 0.29) is 23.8 Å². The van der Waals surface area contributed by atoms with E-state index in [1.54, 1.807) is 12.1 Å². The Labute approximate surface area is 120 Å². The highest BCUT2D eigenvalue weighted by Crippen LogP contribution is 2.30. The molecule has 2 rings (SSSR count). The zero-order valence-electron chi connectivity index (χ0n) is 11.4. The summed E-state index contributed by atoms with van der Waals surface area (Å²) < 4.78 is 45.9. The third-order valence-corrected chi connectivity index (χ3v) is 3.29. The number of rotatable bonds is 4. The number of hydrogen-bond acceptors (Lipinski definition) is 3. The fraction of sp³-hybridized carbons (Fsp3) is 0.500. The number of benzene rings is 1. The Morgan fingerprint density at radius 2 is 1.95 bits per heavy atom. The van der Waals surface area contributed by atoms with Crippen molar-refractivity contribution in [1.29, 1.82) is 0 Å². The summed E-state index contributed by atoms with van der Waals surface area (Å²) in [5.74, 6) is 0.0375. The molecule has 0 radical (unpaired) electrons. The molecule has 1 N–H and O–H groups in total. The van der Waals surface area contributed by atoms with Crippen LogP contribution in [-0.4, -0.2) is 32.0 Å². The molecule has 1 saturated heterocycles. The fourth-order valence-electron chi connectivity index (χ4n) is 2.27. The molecule has 7 heteroatoms. The van der Waals surface area contributed by atoms with Crippen LogP contribution in [0.15, 0.2) is 24.3 Å². The third-order valence-electron chi connectivity index (χ3n) is 3.29. The van der Waals surface area contributed by atoms with Gasteiger partial charge in [0.25, 0.3) is 0 Å². The maximum atomic E-state index is 12.1. The highest BCUT2D eigenvalue weighted by Gasteiger charge is 2.29. The maximum Gasteiger partial charge on any atom is 0.422 e. The quantitative estimate of drug-likeness (QED) is 0.930. The van der Waals surface area contributed by atoms with Crippen LogP contribution in [0.2, 0.25) is 0 Å². The Morgan fingerprint density at radius 1 is 1.29 bits per heavy atom. The van der Waals surface area contributed by atoms with Crippen molar-refractivity contribution in [1.82, 2.24) is 5.32 Å². The highest BCUT2D eigenvalue weighted by molar-refractivity contribution is 5.78. The Hall–Kier alpha value is -1.76. The fourth-order valence-corrected chi connectivity index (χ4v) is 2.27. The second kappa shape index (κ2) is 6.34. The minimum Gasteiger partial charge on any atom is -0.484 e. The van der Waals surface area contributed by atoms with Gasteiger partial charge in [0, 0.05) is 13.5 Å². The molecule has 1 amide bonds. The number of halogens is 3. The molecule has 21 heavy (non-hydrogen) atoms. The number of hydrogen-bond donors (Lipinski definition) is 1. The van der Waals surface area contributed by atoms with Crippen LogP contribution in [0.3, 0.4) is 0 Å². The van der Waals surface area contributed by atoms with Gasteiger partial charge in [0.15, 0.2) is 6.61 Å². The number of ether oxygens (including phenoxy) is 2. The minimum absolute atomic E-state index is 0.0135. The molecule has 1 aliphatic rings. The zero-order chi connectivity index (χ0) is 15.5. The SMILES string of the molecule is COC1CC(c2ccc(OCC(F)(F)F)cc2)CC(=O)N1. The van der Waals surface area contributed by atoms with Crippen LogP contribution < -0.4 is 10.1 Å². The van der Waals surface area contributed by atoms with Gasteiger partial charge in [-0.3, -0.25) is 4.79 Å². The van der Waals surface area contributed by atoms with Gasteiger partial charge < -0.3 is 14.8 Å². The summed E-state index contributed by atoms with van der Waals surface area (Å²) in [5, 5.41) is 2.70. The molecule has 1 heterocycles. The van der Waals surface area contributed by atoms with Crippen LogP contribution in [0, 0.1) is 0 Å². The van der Waals surface area contributed by atoms with Crippen molar-refractivity contribution in [3.8, 4) is 5.75 Å². The first-order valence-electron chi connectivity index (χ1n) is 6.49. The van der Waals surface area contributed by atoms with Crippen molar-refractivity contribution in [2.24, 2.45) is 0 Å². The number of carbonyl (C=O) groups is 1. The van der Waals surface area contributed by atoms with E-state index < -0.39 is 12.8 Å². The number of piperidine rings is 1. The molecule has 1 aromatic carbocycles. The molecule has 1 aromatic rings. The van der Waals surface area contributed by atoms with Crippen LogP contribution in [-0.2, 0) is 9.53 Å². The van der Waals surface area contributed by atoms with Gasteiger partial charge in [-0.25, -0.2) is 0 Å². The average molecular weight is 303 g/mol. The number of carbonyl (C=O) groups excluding carboxylic acids is 1. The second-order valence-electron chi connectivity index (χ2n) is 4.90. The molecule has 0 aliphatic carbocycles.